The lowest BCUT2D eigenvalue weighted by atomic mass is 9.95. The van der Waals surface area contributed by atoms with Crippen molar-refractivity contribution in [3.8, 4) is 11.1 Å². The second-order valence-corrected chi connectivity index (χ2v) is 11.6. The van der Waals surface area contributed by atoms with Crippen LogP contribution in [0.1, 0.15) is 62.1 Å². The molecule has 5 nitrogen and oxygen atoms in total. The predicted molar refractivity (Wildman–Crippen MR) is 174 cm³/mol. The number of hydrogen-bond donors (Lipinski definition) is 1. The minimum Gasteiger partial charge on any atom is -0.348 e. The Morgan fingerprint density at radius 2 is 1.49 bits per heavy atom. The summed E-state index contributed by atoms with van der Waals surface area (Å²) in [6, 6.07) is 36.5. The zero-order valence-corrected chi connectivity index (χ0v) is 25.0. The van der Waals surface area contributed by atoms with Crippen molar-refractivity contribution in [2.75, 3.05) is 4.90 Å². The number of amides is 2. The van der Waals surface area contributed by atoms with E-state index >= 15 is 0 Å². The van der Waals surface area contributed by atoms with Crippen LogP contribution < -0.4 is 10.2 Å². The van der Waals surface area contributed by atoms with Crippen LogP contribution in [0.25, 0.3) is 11.1 Å². The van der Waals surface area contributed by atoms with E-state index in [2.05, 4.69) is 61.0 Å². The largest absolute Gasteiger partial charge is 0.348 e. The van der Waals surface area contributed by atoms with E-state index in [1.54, 1.807) is 0 Å². The Balaban J connectivity index is 1.24. The molecule has 5 heteroatoms. The van der Waals surface area contributed by atoms with E-state index in [0.717, 1.165) is 40.9 Å². The number of carbonyl (C=O) groups excluding carboxylic acids is 2. The van der Waals surface area contributed by atoms with Crippen molar-refractivity contribution in [2.45, 2.75) is 52.7 Å². The Morgan fingerprint density at radius 3 is 2.28 bits per heavy atom. The van der Waals surface area contributed by atoms with Gasteiger partial charge in [-0.15, -0.1) is 0 Å². The molecule has 0 fully saturated rings. The average molecular weight is 568 g/mol. The maximum absolute atomic E-state index is 14.1. The third-order valence-electron chi connectivity index (χ3n) is 8.47. The lowest BCUT2D eigenvalue weighted by Gasteiger charge is -2.23. The highest BCUT2D eigenvalue weighted by molar-refractivity contribution is 6.07. The number of hydrogen-bond acceptors (Lipinski definition) is 2. The Kier molecular flexibility index (Phi) is 7.97. The van der Waals surface area contributed by atoms with Crippen LogP contribution in [-0.4, -0.2) is 22.4 Å². The molecule has 4 aromatic carbocycles. The number of rotatable bonds is 7. The van der Waals surface area contributed by atoms with E-state index < -0.39 is 0 Å². The van der Waals surface area contributed by atoms with Gasteiger partial charge in [0.05, 0.1) is 13.1 Å². The van der Waals surface area contributed by atoms with Crippen LogP contribution in [0.5, 0.6) is 0 Å². The molecule has 0 saturated heterocycles. The van der Waals surface area contributed by atoms with E-state index in [4.69, 9.17) is 0 Å². The van der Waals surface area contributed by atoms with Crippen LogP contribution in [0.4, 0.5) is 5.69 Å². The molecule has 0 aliphatic carbocycles. The first kappa shape index (κ1) is 28.2. The van der Waals surface area contributed by atoms with Gasteiger partial charge in [-0.25, -0.2) is 0 Å². The summed E-state index contributed by atoms with van der Waals surface area (Å²) in [5, 5.41) is 3.20. The standard InChI is InChI=1S/C38H37N3O2/c1-26-11-7-9-15-33(26)34-21-19-30(23-27(34)2)38(43)41-25-32-20-22-36(40(32)24-31-14-8-10-16-35(31)41)37(42)39-28(3)17-18-29-12-5-4-6-13-29/h4-16,19-23,28H,17-18,24-25H2,1-3H3,(H,39,42). The highest BCUT2D eigenvalue weighted by Crippen LogP contribution is 2.32. The quantitative estimate of drug-likeness (QED) is 0.219. The van der Waals surface area contributed by atoms with Crippen LogP contribution >= 0.6 is 0 Å². The van der Waals surface area contributed by atoms with E-state index in [9.17, 15) is 9.59 Å². The molecule has 43 heavy (non-hydrogen) atoms. The summed E-state index contributed by atoms with van der Waals surface area (Å²) in [5.74, 6) is -0.145. The van der Waals surface area contributed by atoms with Gasteiger partial charge in [-0.3, -0.25) is 9.59 Å². The Hall–Kier alpha value is -4.90. The molecule has 1 N–H and O–H groups in total. The molecule has 0 bridgehead atoms. The molecule has 6 rings (SSSR count). The zero-order valence-electron chi connectivity index (χ0n) is 25.0. The summed E-state index contributed by atoms with van der Waals surface area (Å²) >= 11 is 0. The number of para-hydroxylation sites is 1. The number of anilines is 1. The predicted octanol–water partition coefficient (Wildman–Crippen LogP) is 7.73. The summed E-state index contributed by atoms with van der Waals surface area (Å²) in [5.41, 5.74) is 9.92. The summed E-state index contributed by atoms with van der Waals surface area (Å²) in [6.07, 6.45) is 1.76. The first-order valence-electron chi connectivity index (χ1n) is 15.0. The lowest BCUT2D eigenvalue weighted by molar-refractivity contribution is 0.0928. The third kappa shape index (κ3) is 5.89. The highest BCUT2D eigenvalue weighted by Gasteiger charge is 2.28. The van der Waals surface area contributed by atoms with Crippen molar-refractivity contribution in [3.63, 3.8) is 0 Å². The smallest absolute Gasteiger partial charge is 0.268 e. The molecular formula is C38H37N3O2. The van der Waals surface area contributed by atoms with Crippen LogP contribution in [-0.2, 0) is 19.5 Å². The molecule has 0 saturated carbocycles. The molecule has 1 aliphatic rings. The Morgan fingerprint density at radius 1 is 0.767 bits per heavy atom. The molecule has 2 heterocycles. The van der Waals surface area contributed by atoms with Gasteiger partial charge >= 0.3 is 0 Å². The third-order valence-corrected chi connectivity index (χ3v) is 8.47. The SMILES string of the molecule is Cc1ccccc1-c1ccc(C(=O)N2Cc3ccc(C(=O)NC(C)CCc4ccccc4)n3Cc3ccccc32)cc1C. The van der Waals surface area contributed by atoms with Gasteiger partial charge in [-0.2, -0.15) is 0 Å². The van der Waals surface area contributed by atoms with Crippen molar-refractivity contribution in [1.82, 2.24) is 9.88 Å². The number of nitrogens with zero attached hydrogens (tertiary/aromatic N) is 2. The van der Waals surface area contributed by atoms with Gasteiger partial charge in [-0.1, -0.05) is 78.9 Å². The Bertz CT molecular complexity index is 1790. The van der Waals surface area contributed by atoms with Gasteiger partial charge in [-0.05, 0) is 97.3 Å². The molecule has 1 aliphatic heterocycles. The van der Waals surface area contributed by atoms with Gasteiger partial charge in [0.1, 0.15) is 5.69 Å². The molecular weight excluding hydrogens is 530 g/mol. The van der Waals surface area contributed by atoms with Crippen molar-refractivity contribution < 1.29 is 9.59 Å². The van der Waals surface area contributed by atoms with Gasteiger partial charge < -0.3 is 14.8 Å². The fraction of sp³-hybridized carbons (Fsp3) is 0.211. The normalized spacial score (nSPS) is 13.0. The van der Waals surface area contributed by atoms with Crippen LogP contribution in [0.3, 0.4) is 0 Å². The van der Waals surface area contributed by atoms with Crippen LogP contribution in [0, 0.1) is 13.8 Å². The van der Waals surface area contributed by atoms with E-state index in [0.29, 0.717) is 24.3 Å². The number of carbonyl (C=O) groups is 2. The Labute approximate surface area is 253 Å². The first-order valence-corrected chi connectivity index (χ1v) is 15.0. The number of nitrogens with one attached hydrogen (secondary N) is 1. The maximum atomic E-state index is 14.1. The molecule has 1 aromatic heterocycles. The second-order valence-electron chi connectivity index (χ2n) is 11.6. The second kappa shape index (κ2) is 12.1. The van der Waals surface area contributed by atoms with Crippen molar-refractivity contribution in [2.24, 2.45) is 0 Å². The fourth-order valence-electron chi connectivity index (χ4n) is 6.07. The number of benzene rings is 4. The summed E-state index contributed by atoms with van der Waals surface area (Å²) in [6.45, 7) is 7.12. The minimum atomic E-state index is -0.0912. The van der Waals surface area contributed by atoms with Crippen molar-refractivity contribution in [3.05, 3.63) is 148 Å². The van der Waals surface area contributed by atoms with Gasteiger partial charge in [0, 0.05) is 23.0 Å². The minimum absolute atomic E-state index is 0.0286. The monoisotopic (exact) mass is 567 g/mol. The lowest BCUT2D eigenvalue weighted by Crippen LogP contribution is -2.34. The van der Waals surface area contributed by atoms with E-state index in [1.165, 1.54) is 16.7 Å². The first-order chi connectivity index (χ1) is 20.9. The fourth-order valence-corrected chi connectivity index (χ4v) is 6.07. The summed E-state index contributed by atoms with van der Waals surface area (Å²) < 4.78 is 2.05. The van der Waals surface area contributed by atoms with Crippen LogP contribution in [0.15, 0.2) is 109 Å². The zero-order chi connectivity index (χ0) is 29.9. The molecule has 1 unspecified atom stereocenters. The number of aromatic nitrogens is 1. The topological polar surface area (TPSA) is 54.3 Å². The van der Waals surface area contributed by atoms with E-state index in [1.807, 2.05) is 83.8 Å². The molecule has 1 atom stereocenters. The molecule has 2 amide bonds. The molecule has 5 aromatic rings. The maximum Gasteiger partial charge on any atom is 0.268 e. The van der Waals surface area contributed by atoms with Crippen molar-refractivity contribution in [1.29, 1.82) is 0 Å². The molecule has 216 valence electrons. The van der Waals surface area contributed by atoms with Crippen molar-refractivity contribution >= 4 is 17.5 Å². The van der Waals surface area contributed by atoms with Gasteiger partial charge in [0.15, 0.2) is 0 Å². The summed E-state index contributed by atoms with van der Waals surface area (Å²) in [4.78, 5) is 29.4. The van der Waals surface area contributed by atoms with Gasteiger partial charge in [0.2, 0.25) is 0 Å². The average Bonchev–Trinajstić information content (AvgIpc) is 3.34. The number of aryl methyl sites for hydroxylation is 3. The molecule has 0 spiro atoms. The van der Waals surface area contributed by atoms with Gasteiger partial charge in [0.25, 0.3) is 11.8 Å². The van der Waals surface area contributed by atoms with Crippen LogP contribution in [0.2, 0.25) is 0 Å². The van der Waals surface area contributed by atoms with E-state index in [-0.39, 0.29) is 17.9 Å². The highest BCUT2D eigenvalue weighted by atomic mass is 16.2. The summed E-state index contributed by atoms with van der Waals surface area (Å²) in [7, 11) is 0. The molecule has 0 radical (unpaired) electrons. The number of fused-ring (bicyclic) bond motifs is 2.